The summed E-state index contributed by atoms with van der Waals surface area (Å²) in [6, 6.07) is 1.39. The van der Waals surface area contributed by atoms with E-state index < -0.39 is 0 Å². The Labute approximate surface area is 85.5 Å². The lowest BCUT2D eigenvalue weighted by atomic mass is 10.3. The normalized spacial score (nSPS) is 12.3. The number of carbonyl (C=O) groups excluding carboxylic acids is 1. The molecule has 2 heterocycles. The van der Waals surface area contributed by atoms with Crippen molar-refractivity contribution < 1.29 is 4.79 Å². The Bertz CT molecular complexity index is 420. The summed E-state index contributed by atoms with van der Waals surface area (Å²) in [6.45, 7) is 1.75. The number of nitrogens with one attached hydrogen (secondary N) is 2. The van der Waals surface area contributed by atoms with Crippen LogP contribution in [0.1, 0.15) is 13.0 Å². The highest BCUT2D eigenvalue weighted by Gasteiger charge is 2.15. The molecular weight excluding hydrogens is 196 g/mol. The van der Waals surface area contributed by atoms with E-state index in [9.17, 15) is 4.79 Å². The Balaban J connectivity index is 2.03. The summed E-state index contributed by atoms with van der Waals surface area (Å²) < 4.78 is 1.56. The van der Waals surface area contributed by atoms with Gasteiger partial charge in [0.05, 0.1) is 6.20 Å². The summed E-state index contributed by atoms with van der Waals surface area (Å²) in [5.74, 6) is 0.214. The Hall–Kier alpha value is -2.18. The van der Waals surface area contributed by atoms with Gasteiger partial charge in [0.25, 0.3) is 0 Å². The molecule has 2 N–H and O–H groups in total. The molecule has 0 fully saturated rings. The maximum absolute atomic E-state index is 11.7. The van der Waals surface area contributed by atoms with Crippen molar-refractivity contribution in [1.29, 1.82) is 0 Å². The molecule has 1 amide bonds. The number of amides is 1. The van der Waals surface area contributed by atoms with Crippen LogP contribution in [0.25, 0.3) is 0 Å². The zero-order valence-electron chi connectivity index (χ0n) is 8.08. The molecule has 0 saturated heterocycles. The third kappa shape index (κ3) is 2.01. The van der Waals surface area contributed by atoms with Crippen LogP contribution >= 0.6 is 0 Å². The SMILES string of the molecule is CC(C(=O)Nc1cn[nH]n1)n1cccn1. The number of carbonyl (C=O) groups is 1. The summed E-state index contributed by atoms with van der Waals surface area (Å²) in [4.78, 5) is 11.7. The van der Waals surface area contributed by atoms with Crippen LogP contribution in [0.4, 0.5) is 5.82 Å². The minimum absolute atomic E-state index is 0.187. The van der Waals surface area contributed by atoms with Crippen LogP contribution in [0.5, 0.6) is 0 Å². The minimum atomic E-state index is -0.378. The van der Waals surface area contributed by atoms with Crippen molar-refractivity contribution in [1.82, 2.24) is 25.2 Å². The quantitative estimate of drug-likeness (QED) is 0.750. The molecule has 2 aromatic rings. The average Bonchev–Trinajstić information content (AvgIpc) is 2.88. The molecule has 2 rings (SSSR count). The van der Waals surface area contributed by atoms with E-state index >= 15 is 0 Å². The van der Waals surface area contributed by atoms with E-state index in [1.165, 1.54) is 6.20 Å². The smallest absolute Gasteiger partial charge is 0.250 e. The van der Waals surface area contributed by atoms with E-state index in [1.54, 1.807) is 30.1 Å². The summed E-state index contributed by atoms with van der Waals surface area (Å²) in [7, 11) is 0. The lowest BCUT2D eigenvalue weighted by Crippen LogP contribution is -2.24. The van der Waals surface area contributed by atoms with Gasteiger partial charge in [-0.15, -0.1) is 5.10 Å². The van der Waals surface area contributed by atoms with Crippen LogP contribution < -0.4 is 5.32 Å². The van der Waals surface area contributed by atoms with Gasteiger partial charge in [0.1, 0.15) is 6.04 Å². The maximum Gasteiger partial charge on any atom is 0.250 e. The first kappa shape index (κ1) is 9.38. The van der Waals surface area contributed by atoms with Crippen LogP contribution in [0, 0.1) is 0 Å². The fourth-order valence-electron chi connectivity index (χ4n) is 1.12. The molecular formula is C8H10N6O. The van der Waals surface area contributed by atoms with E-state index in [0.29, 0.717) is 5.82 Å². The number of rotatable bonds is 3. The van der Waals surface area contributed by atoms with Gasteiger partial charge in [0, 0.05) is 12.4 Å². The first-order valence-corrected chi connectivity index (χ1v) is 4.43. The number of aromatic amines is 1. The first-order valence-electron chi connectivity index (χ1n) is 4.43. The monoisotopic (exact) mass is 206 g/mol. The topological polar surface area (TPSA) is 88.5 Å². The first-order chi connectivity index (χ1) is 7.27. The lowest BCUT2D eigenvalue weighted by molar-refractivity contribution is -0.119. The largest absolute Gasteiger partial charge is 0.306 e. The van der Waals surface area contributed by atoms with Crippen molar-refractivity contribution in [2.24, 2.45) is 0 Å². The zero-order valence-corrected chi connectivity index (χ0v) is 8.08. The number of H-pyrrole nitrogens is 1. The average molecular weight is 206 g/mol. The Kier molecular flexibility index (Phi) is 2.44. The van der Waals surface area contributed by atoms with Gasteiger partial charge >= 0.3 is 0 Å². The van der Waals surface area contributed by atoms with Crippen LogP contribution in [0.15, 0.2) is 24.7 Å². The minimum Gasteiger partial charge on any atom is -0.306 e. The molecule has 0 aromatic carbocycles. The van der Waals surface area contributed by atoms with Gasteiger partial charge in [-0.25, -0.2) is 0 Å². The standard InChI is InChI=1S/C8H10N6O/c1-6(14-4-2-3-10-14)8(15)11-7-5-9-13-12-7/h2-6H,1H3,(H2,9,11,12,13,15). The second kappa shape index (κ2) is 3.91. The highest BCUT2D eigenvalue weighted by atomic mass is 16.2. The van der Waals surface area contributed by atoms with Crippen LogP contribution in [-0.4, -0.2) is 31.1 Å². The van der Waals surface area contributed by atoms with Gasteiger partial charge in [0.15, 0.2) is 5.82 Å². The van der Waals surface area contributed by atoms with Crippen molar-refractivity contribution in [3.05, 3.63) is 24.7 Å². The van der Waals surface area contributed by atoms with Gasteiger partial charge < -0.3 is 5.32 Å². The van der Waals surface area contributed by atoms with Crippen molar-refractivity contribution in [3.63, 3.8) is 0 Å². The third-order valence-electron chi connectivity index (χ3n) is 1.97. The fraction of sp³-hybridized carbons (Fsp3) is 0.250. The van der Waals surface area contributed by atoms with E-state index in [1.807, 2.05) is 0 Å². The van der Waals surface area contributed by atoms with Gasteiger partial charge in [-0.05, 0) is 13.0 Å². The second-order valence-corrected chi connectivity index (χ2v) is 3.01. The van der Waals surface area contributed by atoms with E-state index in [4.69, 9.17) is 0 Å². The van der Waals surface area contributed by atoms with Crippen molar-refractivity contribution in [2.45, 2.75) is 13.0 Å². The Morgan fingerprint density at radius 3 is 3.13 bits per heavy atom. The molecule has 7 nitrogen and oxygen atoms in total. The van der Waals surface area contributed by atoms with Gasteiger partial charge in [-0.2, -0.15) is 15.4 Å². The Morgan fingerprint density at radius 2 is 2.53 bits per heavy atom. The Morgan fingerprint density at radius 1 is 1.67 bits per heavy atom. The fourth-order valence-corrected chi connectivity index (χ4v) is 1.12. The van der Waals surface area contributed by atoms with E-state index in [-0.39, 0.29) is 11.9 Å². The number of anilines is 1. The molecule has 7 heteroatoms. The number of hydrogen-bond acceptors (Lipinski definition) is 4. The molecule has 15 heavy (non-hydrogen) atoms. The van der Waals surface area contributed by atoms with E-state index in [0.717, 1.165) is 0 Å². The van der Waals surface area contributed by atoms with Crippen molar-refractivity contribution in [3.8, 4) is 0 Å². The molecule has 78 valence electrons. The van der Waals surface area contributed by atoms with Gasteiger partial charge in [-0.1, -0.05) is 0 Å². The third-order valence-corrected chi connectivity index (χ3v) is 1.97. The molecule has 0 aliphatic carbocycles. The highest BCUT2D eigenvalue weighted by Crippen LogP contribution is 2.06. The maximum atomic E-state index is 11.7. The van der Waals surface area contributed by atoms with Gasteiger partial charge in [-0.3, -0.25) is 9.48 Å². The molecule has 0 radical (unpaired) electrons. The zero-order chi connectivity index (χ0) is 10.7. The molecule has 2 aromatic heterocycles. The summed E-state index contributed by atoms with van der Waals surface area (Å²) in [5, 5.41) is 16.3. The molecule has 0 aliphatic rings. The lowest BCUT2D eigenvalue weighted by Gasteiger charge is -2.10. The predicted molar refractivity (Wildman–Crippen MR) is 52.0 cm³/mol. The molecule has 0 bridgehead atoms. The van der Waals surface area contributed by atoms with Gasteiger partial charge in [0.2, 0.25) is 5.91 Å². The second-order valence-electron chi connectivity index (χ2n) is 3.01. The number of nitrogens with zero attached hydrogens (tertiary/aromatic N) is 4. The van der Waals surface area contributed by atoms with E-state index in [2.05, 4.69) is 25.8 Å². The van der Waals surface area contributed by atoms with Crippen molar-refractivity contribution >= 4 is 11.7 Å². The molecule has 1 atom stereocenters. The summed E-state index contributed by atoms with van der Waals surface area (Å²) in [6.07, 6.45) is 4.79. The summed E-state index contributed by atoms with van der Waals surface area (Å²) >= 11 is 0. The van der Waals surface area contributed by atoms with Crippen LogP contribution in [-0.2, 0) is 4.79 Å². The summed E-state index contributed by atoms with van der Waals surface area (Å²) in [5.41, 5.74) is 0. The highest BCUT2D eigenvalue weighted by molar-refractivity contribution is 5.92. The van der Waals surface area contributed by atoms with Crippen molar-refractivity contribution in [2.75, 3.05) is 5.32 Å². The van der Waals surface area contributed by atoms with Crippen LogP contribution in [0.2, 0.25) is 0 Å². The molecule has 0 saturated carbocycles. The predicted octanol–water partition coefficient (Wildman–Crippen LogP) is 0.201. The number of hydrogen-bond donors (Lipinski definition) is 2. The molecule has 0 spiro atoms. The number of aromatic nitrogens is 5. The van der Waals surface area contributed by atoms with Crippen LogP contribution in [0.3, 0.4) is 0 Å². The molecule has 1 unspecified atom stereocenters. The molecule has 0 aliphatic heterocycles.